The highest BCUT2D eigenvalue weighted by Crippen LogP contribution is 2.28. The zero-order chi connectivity index (χ0) is 21.8. The van der Waals surface area contributed by atoms with Crippen LogP contribution in [0.1, 0.15) is 15.9 Å². The minimum absolute atomic E-state index is 0.0254. The summed E-state index contributed by atoms with van der Waals surface area (Å²) in [5.74, 6) is -0.698. The highest BCUT2D eigenvalue weighted by Gasteiger charge is 2.31. The Balaban J connectivity index is 1.62. The Kier molecular flexibility index (Phi) is 6.12. The van der Waals surface area contributed by atoms with Gasteiger partial charge in [0.1, 0.15) is 5.82 Å². The molecule has 1 aliphatic heterocycles. The molecule has 1 saturated heterocycles. The monoisotopic (exact) mass is 416 g/mol. The van der Waals surface area contributed by atoms with Gasteiger partial charge in [-0.25, -0.2) is 4.39 Å². The number of hydrogen-bond donors (Lipinski definition) is 0. The highest BCUT2D eigenvalue weighted by molar-refractivity contribution is 5.95. The Hall–Kier alpha value is -3.47. The van der Waals surface area contributed by atoms with E-state index in [-0.39, 0.29) is 23.5 Å². The second-order valence-electron chi connectivity index (χ2n) is 7.95. The van der Waals surface area contributed by atoms with Gasteiger partial charge in [-0.2, -0.15) is 0 Å². The first-order valence-electron chi connectivity index (χ1n) is 10.5. The van der Waals surface area contributed by atoms with Gasteiger partial charge in [-0.05, 0) is 47.4 Å². The fourth-order valence-electron chi connectivity index (χ4n) is 4.13. The molecule has 0 radical (unpaired) electrons. The van der Waals surface area contributed by atoms with Gasteiger partial charge in [0.05, 0.1) is 5.92 Å². The van der Waals surface area contributed by atoms with Crippen molar-refractivity contribution in [1.82, 2.24) is 9.80 Å². The fraction of sp³-hybridized carbons (Fsp3) is 0.231. The standard InChI is InChI=1S/C26H25FN2O2/c1-28-14-15-29(26(31)19-8-3-2-4-9-19)18-22(25(28)30)16-20-10-5-6-13-24(20)21-11-7-12-23(27)17-21/h2-13,17,22H,14-16,18H2,1H3/t22-/m1/s1. The summed E-state index contributed by atoms with van der Waals surface area (Å²) in [7, 11) is 1.78. The smallest absolute Gasteiger partial charge is 0.253 e. The van der Waals surface area contributed by atoms with Crippen LogP contribution >= 0.6 is 0 Å². The highest BCUT2D eigenvalue weighted by atomic mass is 19.1. The molecule has 0 unspecified atom stereocenters. The normalized spacial score (nSPS) is 16.8. The van der Waals surface area contributed by atoms with E-state index in [1.54, 1.807) is 35.0 Å². The van der Waals surface area contributed by atoms with Gasteiger partial charge in [-0.15, -0.1) is 0 Å². The van der Waals surface area contributed by atoms with Crippen molar-refractivity contribution in [2.75, 3.05) is 26.7 Å². The maximum Gasteiger partial charge on any atom is 0.253 e. The summed E-state index contributed by atoms with van der Waals surface area (Å²) in [5, 5.41) is 0. The van der Waals surface area contributed by atoms with Crippen molar-refractivity contribution in [3.05, 3.63) is 95.8 Å². The molecule has 0 bridgehead atoms. The van der Waals surface area contributed by atoms with E-state index in [2.05, 4.69) is 0 Å². The van der Waals surface area contributed by atoms with Crippen molar-refractivity contribution < 1.29 is 14.0 Å². The van der Waals surface area contributed by atoms with Gasteiger partial charge < -0.3 is 9.80 Å². The molecule has 4 nitrogen and oxygen atoms in total. The third-order valence-corrected chi connectivity index (χ3v) is 5.80. The van der Waals surface area contributed by atoms with Crippen LogP contribution in [-0.2, 0) is 11.2 Å². The molecule has 0 saturated carbocycles. The molecule has 5 heteroatoms. The van der Waals surface area contributed by atoms with Crippen LogP contribution in [0.2, 0.25) is 0 Å². The second-order valence-corrected chi connectivity index (χ2v) is 7.95. The molecule has 0 spiro atoms. The summed E-state index contributed by atoms with van der Waals surface area (Å²) in [4.78, 5) is 29.6. The van der Waals surface area contributed by atoms with Gasteiger partial charge in [0.15, 0.2) is 0 Å². The SMILES string of the molecule is CN1CCN(C(=O)c2ccccc2)C[C@@H](Cc2ccccc2-c2cccc(F)c2)C1=O. The number of likely N-dealkylation sites (N-methyl/N-ethyl adjacent to an activating group) is 1. The van der Waals surface area contributed by atoms with Gasteiger partial charge in [0.2, 0.25) is 5.91 Å². The first kappa shape index (κ1) is 20.8. The maximum absolute atomic E-state index is 13.8. The van der Waals surface area contributed by atoms with Gasteiger partial charge in [-0.1, -0.05) is 54.6 Å². The summed E-state index contributed by atoms with van der Waals surface area (Å²) in [6.45, 7) is 1.35. The third-order valence-electron chi connectivity index (χ3n) is 5.80. The first-order valence-corrected chi connectivity index (χ1v) is 10.5. The Morgan fingerprint density at radius 3 is 2.48 bits per heavy atom. The van der Waals surface area contributed by atoms with Crippen molar-refractivity contribution in [2.24, 2.45) is 5.92 Å². The van der Waals surface area contributed by atoms with Crippen molar-refractivity contribution in [3.8, 4) is 11.1 Å². The molecule has 0 N–H and O–H groups in total. The number of nitrogens with zero attached hydrogens (tertiary/aromatic N) is 2. The number of benzene rings is 3. The van der Waals surface area contributed by atoms with Crippen LogP contribution in [0.4, 0.5) is 4.39 Å². The fourth-order valence-corrected chi connectivity index (χ4v) is 4.13. The van der Waals surface area contributed by atoms with Crippen molar-refractivity contribution in [3.63, 3.8) is 0 Å². The third kappa shape index (κ3) is 4.66. The van der Waals surface area contributed by atoms with Crippen molar-refractivity contribution in [2.45, 2.75) is 6.42 Å². The van der Waals surface area contributed by atoms with E-state index in [1.807, 2.05) is 48.5 Å². The number of carbonyl (C=O) groups is 2. The minimum Gasteiger partial charge on any atom is -0.344 e. The number of amides is 2. The van der Waals surface area contributed by atoms with Crippen LogP contribution in [0.5, 0.6) is 0 Å². The molecule has 1 heterocycles. The lowest BCUT2D eigenvalue weighted by Gasteiger charge is -2.24. The van der Waals surface area contributed by atoms with Gasteiger partial charge >= 0.3 is 0 Å². The van der Waals surface area contributed by atoms with Gasteiger partial charge in [0.25, 0.3) is 5.91 Å². The lowest BCUT2D eigenvalue weighted by molar-refractivity contribution is -0.133. The Morgan fingerprint density at radius 1 is 0.968 bits per heavy atom. The summed E-state index contributed by atoms with van der Waals surface area (Å²) < 4.78 is 13.8. The second kappa shape index (κ2) is 9.13. The summed E-state index contributed by atoms with van der Waals surface area (Å²) in [6, 6.07) is 23.4. The van der Waals surface area contributed by atoms with E-state index >= 15 is 0 Å². The predicted octanol–water partition coefficient (Wildman–Crippen LogP) is 4.27. The van der Waals surface area contributed by atoms with Crippen molar-refractivity contribution >= 4 is 11.8 Å². The van der Waals surface area contributed by atoms with Crippen LogP contribution in [-0.4, -0.2) is 48.3 Å². The molecule has 158 valence electrons. The van der Waals surface area contributed by atoms with Crippen LogP contribution in [0.15, 0.2) is 78.9 Å². The van der Waals surface area contributed by atoms with Crippen LogP contribution in [0, 0.1) is 11.7 Å². The summed E-state index contributed by atoms with van der Waals surface area (Å²) in [5.41, 5.74) is 3.28. The van der Waals surface area contributed by atoms with Crippen molar-refractivity contribution in [1.29, 1.82) is 0 Å². The topological polar surface area (TPSA) is 40.6 Å². The molecular formula is C26H25FN2O2. The minimum atomic E-state index is -0.366. The molecular weight excluding hydrogens is 391 g/mol. The molecule has 1 aliphatic rings. The summed E-state index contributed by atoms with van der Waals surface area (Å²) >= 11 is 0. The lowest BCUT2D eigenvalue weighted by Crippen LogP contribution is -2.37. The number of carbonyl (C=O) groups excluding carboxylic acids is 2. The van der Waals surface area contributed by atoms with E-state index in [0.29, 0.717) is 31.6 Å². The Bertz CT molecular complexity index is 1080. The van der Waals surface area contributed by atoms with Crippen LogP contribution in [0.3, 0.4) is 0 Å². The van der Waals surface area contributed by atoms with E-state index in [4.69, 9.17) is 0 Å². The zero-order valence-corrected chi connectivity index (χ0v) is 17.5. The van der Waals surface area contributed by atoms with Gasteiger partial charge in [0, 0.05) is 32.2 Å². The zero-order valence-electron chi connectivity index (χ0n) is 17.5. The lowest BCUT2D eigenvalue weighted by atomic mass is 9.91. The number of hydrogen-bond acceptors (Lipinski definition) is 2. The summed E-state index contributed by atoms with van der Waals surface area (Å²) in [6.07, 6.45) is 0.481. The molecule has 1 fully saturated rings. The number of rotatable bonds is 4. The maximum atomic E-state index is 13.8. The Morgan fingerprint density at radius 2 is 1.71 bits per heavy atom. The molecule has 1 atom stereocenters. The molecule has 4 rings (SSSR count). The molecule has 0 aliphatic carbocycles. The van der Waals surface area contributed by atoms with E-state index in [0.717, 1.165) is 16.7 Å². The first-order chi connectivity index (χ1) is 15.0. The van der Waals surface area contributed by atoms with Crippen LogP contribution in [0.25, 0.3) is 11.1 Å². The molecule has 3 aromatic carbocycles. The largest absolute Gasteiger partial charge is 0.344 e. The molecule has 31 heavy (non-hydrogen) atoms. The molecule has 0 aromatic heterocycles. The Labute approximate surface area is 181 Å². The average molecular weight is 416 g/mol. The van der Waals surface area contributed by atoms with Crippen LogP contribution < -0.4 is 0 Å². The van der Waals surface area contributed by atoms with E-state index < -0.39 is 0 Å². The average Bonchev–Trinajstić information content (AvgIpc) is 2.93. The predicted molar refractivity (Wildman–Crippen MR) is 119 cm³/mol. The van der Waals surface area contributed by atoms with E-state index in [9.17, 15) is 14.0 Å². The molecule has 3 aromatic rings. The molecule has 2 amide bonds. The number of halogens is 1. The quantitative estimate of drug-likeness (QED) is 0.638. The van der Waals surface area contributed by atoms with Gasteiger partial charge in [-0.3, -0.25) is 9.59 Å². The van der Waals surface area contributed by atoms with E-state index in [1.165, 1.54) is 12.1 Å².